The Kier molecular flexibility index (Phi) is 2.80. The molecule has 21 heavy (non-hydrogen) atoms. The van der Waals surface area contributed by atoms with Crippen molar-refractivity contribution < 1.29 is 14.6 Å². The lowest BCUT2D eigenvalue weighted by Crippen LogP contribution is -2.24. The Morgan fingerprint density at radius 1 is 1.14 bits per heavy atom. The molecule has 0 saturated carbocycles. The van der Waals surface area contributed by atoms with Crippen molar-refractivity contribution in [3.63, 3.8) is 0 Å². The number of nitrogens with zero attached hydrogens (tertiary/aromatic N) is 3. The average Bonchev–Trinajstić information content (AvgIpc) is 3.15. The Morgan fingerprint density at radius 3 is 2.71 bits per heavy atom. The van der Waals surface area contributed by atoms with E-state index in [1.807, 2.05) is 6.07 Å². The molecule has 4 rings (SSSR count). The summed E-state index contributed by atoms with van der Waals surface area (Å²) in [5.41, 5.74) is 0.837. The highest BCUT2D eigenvalue weighted by molar-refractivity contribution is 5.54. The molecular weight excluding hydrogens is 270 g/mol. The van der Waals surface area contributed by atoms with Gasteiger partial charge in [0.1, 0.15) is 5.75 Å². The quantitative estimate of drug-likeness (QED) is 0.912. The van der Waals surface area contributed by atoms with Crippen LogP contribution in [0.15, 0.2) is 30.6 Å². The molecule has 2 aliphatic heterocycles. The zero-order valence-corrected chi connectivity index (χ0v) is 11.4. The third-order valence-electron chi connectivity index (χ3n) is 3.94. The lowest BCUT2D eigenvalue weighted by Gasteiger charge is -2.25. The van der Waals surface area contributed by atoms with Gasteiger partial charge in [-0.05, 0) is 25.0 Å². The molecule has 1 saturated heterocycles. The van der Waals surface area contributed by atoms with Crippen molar-refractivity contribution in [3.05, 3.63) is 36.2 Å². The van der Waals surface area contributed by atoms with Crippen molar-refractivity contribution in [2.45, 2.75) is 18.9 Å². The maximum atomic E-state index is 10.3. The van der Waals surface area contributed by atoms with Crippen LogP contribution >= 0.6 is 0 Å². The fraction of sp³-hybridized carbons (Fsp3) is 0.333. The molecular formula is C15H15N3O3. The van der Waals surface area contributed by atoms with Crippen LogP contribution in [0.3, 0.4) is 0 Å². The van der Waals surface area contributed by atoms with Crippen LogP contribution < -0.4 is 14.4 Å². The van der Waals surface area contributed by atoms with Crippen LogP contribution in [0.1, 0.15) is 24.4 Å². The minimum atomic E-state index is 0.0573. The lowest BCUT2D eigenvalue weighted by atomic mass is 10.0. The van der Waals surface area contributed by atoms with E-state index in [4.69, 9.17) is 9.47 Å². The number of ether oxygens (including phenoxy) is 2. The molecule has 0 amide bonds. The number of fused-ring (bicyclic) bond motifs is 1. The largest absolute Gasteiger partial charge is 0.507 e. The van der Waals surface area contributed by atoms with E-state index in [1.54, 1.807) is 24.5 Å². The van der Waals surface area contributed by atoms with Crippen LogP contribution in [0.4, 0.5) is 5.95 Å². The number of anilines is 1. The molecule has 2 aliphatic rings. The molecule has 0 spiro atoms. The molecule has 1 aromatic carbocycles. The van der Waals surface area contributed by atoms with Crippen molar-refractivity contribution in [1.82, 2.24) is 9.97 Å². The van der Waals surface area contributed by atoms with E-state index in [9.17, 15) is 5.11 Å². The van der Waals surface area contributed by atoms with E-state index in [2.05, 4.69) is 14.9 Å². The second-order valence-corrected chi connectivity index (χ2v) is 5.16. The van der Waals surface area contributed by atoms with Gasteiger partial charge in [0.05, 0.1) is 6.04 Å². The second-order valence-electron chi connectivity index (χ2n) is 5.16. The van der Waals surface area contributed by atoms with Gasteiger partial charge in [0.25, 0.3) is 0 Å². The van der Waals surface area contributed by atoms with Gasteiger partial charge in [0.2, 0.25) is 12.7 Å². The van der Waals surface area contributed by atoms with E-state index in [1.165, 1.54) is 0 Å². The molecule has 108 valence electrons. The van der Waals surface area contributed by atoms with Gasteiger partial charge in [-0.25, -0.2) is 9.97 Å². The van der Waals surface area contributed by atoms with Gasteiger partial charge in [-0.2, -0.15) is 0 Å². The molecule has 0 bridgehead atoms. The Bertz CT molecular complexity index is 663. The summed E-state index contributed by atoms with van der Waals surface area (Å²) in [6.45, 7) is 1.08. The standard InChI is InChI=1S/C15H15N3O3/c19-12-8-14-13(20-9-21-14)7-10(12)11-3-1-6-18(11)15-16-4-2-5-17-15/h2,4-5,7-8,11,19H,1,3,6,9H2. The molecule has 6 heteroatoms. The molecule has 6 nitrogen and oxygen atoms in total. The minimum Gasteiger partial charge on any atom is -0.507 e. The highest BCUT2D eigenvalue weighted by Gasteiger charge is 2.31. The van der Waals surface area contributed by atoms with Crippen LogP contribution in [0, 0.1) is 0 Å². The summed E-state index contributed by atoms with van der Waals surface area (Å²) >= 11 is 0. The highest BCUT2D eigenvalue weighted by atomic mass is 16.7. The SMILES string of the molecule is Oc1cc2c(cc1C1CCCN1c1ncccn1)OCO2. The Morgan fingerprint density at radius 2 is 1.90 bits per heavy atom. The van der Waals surface area contributed by atoms with E-state index in [0.29, 0.717) is 17.4 Å². The number of aromatic nitrogens is 2. The molecule has 2 aromatic rings. The van der Waals surface area contributed by atoms with Crippen LogP contribution in [0.25, 0.3) is 0 Å². The average molecular weight is 285 g/mol. The smallest absolute Gasteiger partial charge is 0.231 e. The van der Waals surface area contributed by atoms with Crippen molar-refractivity contribution in [2.24, 2.45) is 0 Å². The molecule has 3 heterocycles. The molecule has 1 N–H and O–H groups in total. The summed E-state index contributed by atoms with van der Waals surface area (Å²) in [7, 11) is 0. The summed E-state index contributed by atoms with van der Waals surface area (Å²) in [5, 5.41) is 10.3. The Labute approximate surface area is 122 Å². The molecule has 1 aromatic heterocycles. The lowest BCUT2D eigenvalue weighted by molar-refractivity contribution is 0.174. The number of rotatable bonds is 2. The number of benzene rings is 1. The highest BCUT2D eigenvalue weighted by Crippen LogP contribution is 2.44. The van der Waals surface area contributed by atoms with Gasteiger partial charge in [-0.3, -0.25) is 0 Å². The first-order valence-corrected chi connectivity index (χ1v) is 6.99. The van der Waals surface area contributed by atoms with Crippen molar-refractivity contribution in [3.8, 4) is 17.2 Å². The molecule has 1 atom stereocenters. The van der Waals surface area contributed by atoms with Crippen LogP contribution in [0.5, 0.6) is 17.2 Å². The Balaban J connectivity index is 1.72. The van der Waals surface area contributed by atoms with E-state index in [-0.39, 0.29) is 18.6 Å². The molecule has 0 aliphatic carbocycles. The van der Waals surface area contributed by atoms with Crippen LogP contribution in [-0.2, 0) is 0 Å². The van der Waals surface area contributed by atoms with E-state index in [0.717, 1.165) is 24.9 Å². The minimum absolute atomic E-state index is 0.0573. The fourth-order valence-corrected chi connectivity index (χ4v) is 2.98. The third-order valence-corrected chi connectivity index (χ3v) is 3.94. The summed E-state index contributed by atoms with van der Waals surface area (Å²) in [6, 6.07) is 5.35. The zero-order valence-electron chi connectivity index (χ0n) is 11.4. The number of hydrogen-bond acceptors (Lipinski definition) is 6. The maximum Gasteiger partial charge on any atom is 0.231 e. The second kappa shape index (κ2) is 4.80. The summed E-state index contributed by atoms with van der Waals surface area (Å²) in [4.78, 5) is 10.8. The molecule has 0 radical (unpaired) electrons. The topological polar surface area (TPSA) is 67.7 Å². The maximum absolute atomic E-state index is 10.3. The van der Waals surface area contributed by atoms with Gasteiger partial charge in [-0.1, -0.05) is 0 Å². The first-order valence-electron chi connectivity index (χ1n) is 6.99. The molecule has 1 fully saturated rings. The van der Waals surface area contributed by atoms with Gasteiger partial charge in [-0.15, -0.1) is 0 Å². The first-order chi connectivity index (χ1) is 10.3. The first kappa shape index (κ1) is 12.3. The van der Waals surface area contributed by atoms with Crippen LogP contribution in [0.2, 0.25) is 0 Å². The fourth-order valence-electron chi connectivity index (χ4n) is 2.98. The predicted molar refractivity (Wildman–Crippen MR) is 75.6 cm³/mol. The van der Waals surface area contributed by atoms with Gasteiger partial charge < -0.3 is 19.5 Å². The number of hydrogen-bond donors (Lipinski definition) is 1. The van der Waals surface area contributed by atoms with Crippen molar-refractivity contribution in [1.29, 1.82) is 0 Å². The summed E-state index contributed by atoms with van der Waals surface area (Å²) in [5.74, 6) is 2.20. The number of phenols is 1. The van der Waals surface area contributed by atoms with Crippen molar-refractivity contribution >= 4 is 5.95 Å². The van der Waals surface area contributed by atoms with Gasteiger partial charge in [0, 0.05) is 30.6 Å². The molecule has 1 unspecified atom stereocenters. The van der Waals surface area contributed by atoms with Crippen molar-refractivity contribution in [2.75, 3.05) is 18.2 Å². The van der Waals surface area contributed by atoms with Gasteiger partial charge >= 0.3 is 0 Å². The predicted octanol–water partition coefficient (Wildman–Crippen LogP) is 2.25. The number of aromatic hydroxyl groups is 1. The summed E-state index contributed by atoms with van der Waals surface area (Å²) < 4.78 is 10.7. The van der Waals surface area contributed by atoms with E-state index < -0.39 is 0 Å². The monoisotopic (exact) mass is 285 g/mol. The number of phenolic OH excluding ortho intramolecular Hbond substituents is 1. The third kappa shape index (κ3) is 2.03. The van der Waals surface area contributed by atoms with Gasteiger partial charge in [0.15, 0.2) is 11.5 Å². The van der Waals surface area contributed by atoms with E-state index >= 15 is 0 Å². The normalized spacial score (nSPS) is 20.0. The zero-order chi connectivity index (χ0) is 14.2. The van der Waals surface area contributed by atoms with Crippen LogP contribution in [-0.4, -0.2) is 28.4 Å². The Hall–Kier alpha value is -2.50. The summed E-state index contributed by atoms with van der Waals surface area (Å²) in [6.07, 6.45) is 5.46.